The number of ether oxygens (including phenoxy) is 3. The first-order valence-electron chi connectivity index (χ1n) is 8.18. The Kier molecular flexibility index (Phi) is 3.95. The van der Waals surface area contributed by atoms with E-state index in [1.165, 1.54) is 0 Å². The Balaban J connectivity index is 1.93. The van der Waals surface area contributed by atoms with Gasteiger partial charge in [0.15, 0.2) is 12.0 Å². The van der Waals surface area contributed by atoms with Crippen LogP contribution in [0, 0.1) is 5.92 Å². The highest BCUT2D eigenvalue weighted by Gasteiger charge is 2.65. The van der Waals surface area contributed by atoms with E-state index in [1.807, 2.05) is 20.8 Å². The number of hydrogen-bond donors (Lipinski definition) is 2. The van der Waals surface area contributed by atoms with E-state index in [-0.39, 0.29) is 18.0 Å². The Labute approximate surface area is 137 Å². The molecular weight excluding hydrogens is 298 g/mol. The molecule has 6 atom stereocenters. The minimum Gasteiger partial charge on any atom is -0.384 e. The second-order valence-electron chi connectivity index (χ2n) is 7.23. The van der Waals surface area contributed by atoms with E-state index in [1.54, 1.807) is 17.2 Å². The van der Waals surface area contributed by atoms with Crippen molar-refractivity contribution < 1.29 is 19.3 Å². The first-order valence-corrected chi connectivity index (χ1v) is 8.18. The summed E-state index contributed by atoms with van der Waals surface area (Å²) < 4.78 is 18.6. The lowest BCUT2D eigenvalue weighted by molar-refractivity contribution is -0.236. The summed E-state index contributed by atoms with van der Waals surface area (Å²) in [7, 11) is 0. The number of aliphatic hydroxyl groups is 1. The van der Waals surface area contributed by atoms with Gasteiger partial charge in [-0.1, -0.05) is 20.3 Å². The van der Waals surface area contributed by atoms with Crippen molar-refractivity contribution in [2.24, 2.45) is 16.6 Å². The number of hydrogen-bond acceptors (Lipinski definition) is 7. The minimum absolute atomic E-state index is 0.111. The van der Waals surface area contributed by atoms with Crippen LogP contribution in [-0.4, -0.2) is 52.0 Å². The SMILES string of the molecule is CCC(C)C1OC(N2C=CC(N)=NC2O)C2(C)OC(C)(C)OC12. The zero-order valence-electron chi connectivity index (χ0n) is 14.4. The maximum Gasteiger partial charge on any atom is 0.229 e. The smallest absolute Gasteiger partial charge is 0.229 e. The maximum absolute atomic E-state index is 10.3. The summed E-state index contributed by atoms with van der Waals surface area (Å²) >= 11 is 0. The van der Waals surface area contributed by atoms with E-state index in [0.717, 1.165) is 6.42 Å². The van der Waals surface area contributed by atoms with Crippen LogP contribution >= 0.6 is 0 Å². The maximum atomic E-state index is 10.3. The van der Waals surface area contributed by atoms with Crippen molar-refractivity contribution in [2.75, 3.05) is 0 Å². The van der Waals surface area contributed by atoms with Crippen LogP contribution in [0.1, 0.15) is 41.0 Å². The van der Waals surface area contributed by atoms with Crippen molar-refractivity contribution in [1.82, 2.24) is 4.90 Å². The van der Waals surface area contributed by atoms with Crippen LogP contribution in [0.15, 0.2) is 17.3 Å². The van der Waals surface area contributed by atoms with Crippen LogP contribution in [0.5, 0.6) is 0 Å². The molecule has 0 aromatic heterocycles. The average molecular weight is 325 g/mol. The van der Waals surface area contributed by atoms with E-state index in [2.05, 4.69) is 18.8 Å². The second-order valence-corrected chi connectivity index (χ2v) is 7.23. The van der Waals surface area contributed by atoms with Crippen LogP contribution < -0.4 is 5.73 Å². The van der Waals surface area contributed by atoms with Crippen molar-refractivity contribution in [1.29, 1.82) is 0 Å². The molecule has 0 spiro atoms. The minimum atomic E-state index is -1.09. The van der Waals surface area contributed by atoms with Crippen LogP contribution in [0.3, 0.4) is 0 Å². The van der Waals surface area contributed by atoms with Gasteiger partial charge in [0.2, 0.25) is 6.35 Å². The van der Waals surface area contributed by atoms with Gasteiger partial charge in [-0.15, -0.1) is 0 Å². The quantitative estimate of drug-likeness (QED) is 0.808. The summed E-state index contributed by atoms with van der Waals surface area (Å²) in [4.78, 5) is 5.63. The molecule has 130 valence electrons. The fourth-order valence-corrected chi connectivity index (χ4v) is 3.69. The van der Waals surface area contributed by atoms with E-state index in [0.29, 0.717) is 5.92 Å². The lowest BCUT2D eigenvalue weighted by atomic mass is 9.89. The topological polar surface area (TPSA) is 89.5 Å². The third-order valence-corrected chi connectivity index (χ3v) is 4.94. The van der Waals surface area contributed by atoms with Gasteiger partial charge in [0.1, 0.15) is 17.5 Å². The van der Waals surface area contributed by atoms with Crippen molar-refractivity contribution in [3.63, 3.8) is 0 Å². The molecule has 3 aliphatic heterocycles. The van der Waals surface area contributed by atoms with Gasteiger partial charge in [-0.2, -0.15) is 0 Å². The number of fused-ring (bicyclic) bond motifs is 1. The van der Waals surface area contributed by atoms with E-state index in [4.69, 9.17) is 19.9 Å². The van der Waals surface area contributed by atoms with Crippen LogP contribution in [0.25, 0.3) is 0 Å². The Morgan fingerprint density at radius 1 is 1.43 bits per heavy atom. The van der Waals surface area contributed by atoms with Gasteiger partial charge in [0, 0.05) is 6.20 Å². The summed E-state index contributed by atoms with van der Waals surface area (Å²) in [5.41, 5.74) is 4.94. The molecule has 0 saturated carbocycles. The molecule has 3 aliphatic rings. The fraction of sp³-hybridized carbons (Fsp3) is 0.812. The van der Waals surface area contributed by atoms with Gasteiger partial charge in [0.05, 0.1) is 6.10 Å². The third-order valence-electron chi connectivity index (χ3n) is 4.94. The number of rotatable bonds is 3. The van der Waals surface area contributed by atoms with Crippen molar-refractivity contribution >= 4 is 5.84 Å². The monoisotopic (exact) mass is 325 g/mol. The highest BCUT2D eigenvalue weighted by Crippen LogP contribution is 2.50. The molecule has 0 aromatic rings. The van der Waals surface area contributed by atoms with E-state index in [9.17, 15) is 5.11 Å². The molecule has 0 amide bonds. The first kappa shape index (κ1) is 16.7. The van der Waals surface area contributed by atoms with Crippen molar-refractivity contribution in [3.8, 4) is 0 Å². The summed E-state index contributed by atoms with van der Waals surface area (Å²) in [6.45, 7) is 10.0. The summed E-state index contributed by atoms with van der Waals surface area (Å²) in [5.74, 6) is -0.0999. The normalized spacial score (nSPS) is 43.4. The van der Waals surface area contributed by atoms with Gasteiger partial charge in [0.25, 0.3) is 0 Å². The molecule has 3 rings (SSSR count). The Morgan fingerprint density at radius 2 is 2.13 bits per heavy atom. The lowest BCUT2D eigenvalue weighted by Gasteiger charge is -2.39. The van der Waals surface area contributed by atoms with Gasteiger partial charge in [-0.25, -0.2) is 4.99 Å². The second kappa shape index (κ2) is 5.44. The molecule has 0 radical (unpaired) electrons. The molecule has 23 heavy (non-hydrogen) atoms. The largest absolute Gasteiger partial charge is 0.384 e. The zero-order chi connectivity index (χ0) is 17.0. The Morgan fingerprint density at radius 3 is 2.74 bits per heavy atom. The van der Waals surface area contributed by atoms with Gasteiger partial charge in [-0.3, -0.25) is 0 Å². The summed E-state index contributed by atoms with van der Waals surface area (Å²) in [5, 5.41) is 10.3. The number of nitrogens with two attached hydrogens (primary N) is 1. The summed E-state index contributed by atoms with van der Waals surface area (Å²) in [6.07, 6.45) is 2.40. The molecule has 2 fully saturated rings. The molecule has 0 aliphatic carbocycles. The molecule has 3 heterocycles. The zero-order valence-corrected chi connectivity index (χ0v) is 14.4. The highest BCUT2D eigenvalue weighted by atomic mass is 16.8. The number of nitrogens with zero attached hydrogens (tertiary/aromatic N) is 2. The molecule has 0 bridgehead atoms. The lowest BCUT2D eigenvalue weighted by Crippen LogP contribution is -2.54. The van der Waals surface area contributed by atoms with Crippen molar-refractivity contribution in [2.45, 2.75) is 77.2 Å². The van der Waals surface area contributed by atoms with Gasteiger partial charge < -0.3 is 30.0 Å². The molecule has 6 unspecified atom stereocenters. The number of aliphatic imine (C=N–C) groups is 1. The predicted octanol–water partition coefficient (Wildman–Crippen LogP) is 1.13. The van der Waals surface area contributed by atoms with Crippen LogP contribution in [0.4, 0.5) is 0 Å². The van der Waals surface area contributed by atoms with Crippen LogP contribution in [0.2, 0.25) is 0 Å². The number of amidine groups is 1. The molecule has 2 saturated heterocycles. The van der Waals surface area contributed by atoms with Crippen molar-refractivity contribution in [3.05, 3.63) is 12.3 Å². The van der Waals surface area contributed by atoms with Gasteiger partial charge in [-0.05, 0) is 32.8 Å². The molecule has 3 N–H and O–H groups in total. The Bertz CT molecular complexity index is 535. The molecule has 7 nitrogen and oxygen atoms in total. The first-order chi connectivity index (χ1) is 10.7. The fourth-order valence-electron chi connectivity index (χ4n) is 3.69. The predicted molar refractivity (Wildman–Crippen MR) is 85.2 cm³/mol. The third kappa shape index (κ3) is 2.65. The molecule has 0 aromatic carbocycles. The Hall–Kier alpha value is -1.15. The summed E-state index contributed by atoms with van der Waals surface area (Å²) in [6, 6.07) is 0. The highest BCUT2D eigenvalue weighted by molar-refractivity contribution is 5.91. The van der Waals surface area contributed by atoms with E-state index < -0.39 is 24.0 Å². The standard InChI is InChI=1S/C16H27N3O4/c1-6-9(2)11-12-16(5,23-15(3,4)22-12)13(21-11)19-8-7-10(17)18-14(19)20/h7-9,11-14,20H,6H2,1-5H3,(H2,17,18). The molecular formula is C16H27N3O4. The van der Waals surface area contributed by atoms with Crippen LogP contribution in [-0.2, 0) is 14.2 Å². The van der Waals surface area contributed by atoms with E-state index >= 15 is 0 Å². The average Bonchev–Trinajstić information content (AvgIpc) is 2.84. The van der Waals surface area contributed by atoms with Gasteiger partial charge >= 0.3 is 0 Å². The number of aliphatic hydroxyl groups excluding tert-OH is 1. The molecule has 7 heteroatoms.